The van der Waals surface area contributed by atoms with Crippen molar-refractivity contribution in [3.63, 3.8) is 0 Å². The minimum Gasteiger partial charge on any atom is -0.448 e. The number of benzene rings is 1. The van der Waals surface area contributed by atoms with E-state index >= 15 is 0 Å². The molecule has 0 aromatic heterocycles. The summed E-state index contributed by atoms with van der Waals surface area (Å²) < 4.78 is 4.86. The molecule has 1 aromatic rings. The Morgan fingerprint density at radius 3 is 2.70 bits per heavy atom. The molecular formula is C20H27N3O4. The molecule has 1 aromatic carbocycles. The number of nitrogens with zero attached hydrogens (tertiary/aromatic N) is 2. The second-order valence-electron chi connectivity index (χ2n) is 7.06. The van der Waals surface area contributed by atoms with Crippen molar-refractivity contribution in [2.75, 3.05) is 39.3 Å². The van der Waals surface area contributed by atoms with Crippen LogP contribution in [0.2, 0.25) is 0 Å². The highest BCUT2D eigenvalue weighted by atomic mass is 16.6. The van der Waals surface area contributed by atoms with Crippen molar-refractivity contribution >= 4 is 17.9 Å². The first-order valence-corrected chi connectivity index (χ1v) is 9.64. The number of carbonyl (C=O) groups excluding carboxylic acids is 3. The Labute approximate surface area is 159 Å². The van der Waals surface area contributed by atoms with Gasteiger partial charge in [0.1, 0.15) is 6.61 Å². The van der Waals surface area contributed by atoms with Gasteiger partial charge in [-0.15, -0.1) is 0 Å². The molecule has 1 N–H and O–H groups in total. The molecule has 0 bridgehead atoms. The summed E-state index contributed by atoms with van der Waals surface area (Å²) >= 11 is 0. The minimum atomic E-state index is -0.322. The van der Waals surface area contributed by atoms with E-state index in [2.05, 4.69) is 17.4 Å². The predicted octanol–water partition coefficient (Wildman–Crippen LogP) is 1.43. The van der Waals surface area contributed by atoms with Crippen LogP contribution in [0.4, 0.5) is 4.79 Å². The molecule has 7 nitrogen and oxygen atoms in total. The lowest BCUT2D eigenvalue weighted by molar-refractivity contribution is -0.138. The summed E-state index contributed by atoms with van der Waals surface area (Å²) in [5.41, 5.74) is 1.26. The van der Waals surface area contributed by atoms with E-state index in [0.29, 0.717) is 52.2 Å². The Kier molecular flexibility index (Phi) is 6.68. The molecule has 3 amide bonds. The van der Waals surface area contributed by atoms with Gasteiger partial charge in [-0.25, -0.2) is 4.79 Å². The average Bonchev–Trinajstić information content (AvgIpc) is 3.09. The third-order valence-electron chi connectivity index (χ3n) is 5.13. The van der Waals surface area contributed by atoms with Gasteiger partial charge in [-0.1, -0.05) is 30.3 Å². The molecule has 0 aliphatic carbocycles. The van der Waals surface area contributed by atoms with E-state index in [1.165, 1.54) is 5.56 Å². The zero-order chi connectivity index (χ0) is 19.1. The normalized spacial score (nSPS) is 19.9. The molecule has 3 rings (SSSR count). The number of nitrogens with one attached hydrogen (secondary N) is 1. The highest BCUT2D eigenvalue weighted by Gasteiger charge is 2.30. The van der Waals surface area contributed by atoms with E-state index < -0.39 is 0 Å². The summed E-state index contributed by atoms with van der Waals surface area (Å²) in [5.74, 6) is -0.0833. The monoisotopic (exact) mass is 373 g/mol. The fourth-order valence-electron chi connectivity index (χ4n) is 3.55. The van der Waals surface area contributed by atoms with Gasteiger partial charge < -0.3 is 19.9 Å². The lowest BCUT2D eigenvalue weighted by Crippen LogP contribution is -2.47. The first-order chi connectivity index (χ1) is 13.1. The number of carbonyl (C=O) groups is 3. The van der Waals surface area contributed by atoms with Gasteiger partial charge in [0.15, 0.2) is 0 Å². The summed E-state index contributed by atoms with van der Waals surface area (Å²) in [5, 5.41) is 2.89. The molecular weight excluding hydrogens is 346 g/mol. The lowest BCUT2D eigenvalue weighted by atomic mass is 9.96. The standard InChI is InChI=1S/C20H27N3O4/c24-18-9-8-17(19(25)21-10-12-22-13-14-27-20(22)26)15-23(18)11-4-7-16-5-2-1-3-6-16/h1-3,5-6,17H,4,7-15H2,(H,21,25)/t17-/m1/s1. The van der Waals surface area contributed by atoms with Crippen LogP contribution in [0.3, 0.4) is 0 Å². The van der Waals surface area contributed by atoms with Crippen LogP contribution in [0, 0.1) is 5.92 Å². The molecule has 2 fully saturated rings. The third kappa shape index (κ3) is 5.45. The van der Waals surface area contributed by atoms with Crippen LogP contribution in [0.5, 0.6) is 0 Å². The maximum Gasteiger partial charge on any atom is 0.409 e. The van der Waals surface area contributed by atoms with Crippen LogP contribution in [0.15, 0.2) is 30.3 Å². The summed E-state index contributed by atoms with van der Waals surface area (Å²) in [6, 6.07) is 10.2. The Morgan fingerprint density at radius 2 is 1.96 bits per heavy atom. The first-order valence-electron chi connectivity index (χ1n) is 9.64. The number of aryl methyl sites for hydroxylation is 1. The molecule has 27 heavy (non-hydrogen) atoms. The van der Waals surface area contributed by atoms with Gasteiger partial charge in [-0.3, -0.25) is 9.59 Å². The molecule has 2 saturated heterocycles. The number of hydrogen-bond acceptors (Lipinski definition) is 4. The van der Waals surface area contributed by atoms with Crippen molar-refractivity contribution in [3.8, 4) is 0 Å². The van der Waals surface area contributed by atoms with E-state index in [1.54, 1.807) is 4.90 Å². The van der Waals surface area contributed by atoms with E-state index in [-0.39, 0.29) is 23.8 Å². The van der Waals surface area contributed by atoms with E-state index in [1.807, 2.05) is 23.1 Å². The molecule has 2 heterocycles. The topological polar surface area (TPSA) is 79.0 Å². The number of piperidine rings is 1. The quantitative estimate of drug-likeness (QED) is 0.748. The minimum absolute atomic E-state index is 0.0388. The molecule has 146 valence electrons. The molecule has 2 aliphatic heterocycles. The number of amides is 3. The van der Waals surface area contributed by atoms with Gasteiger partial charge in [0.25, 0.3) is 0 Å². The third-order valence-corrected chi connectivity index (χ3v) is 5.13. The van der Waals surface area contributed by atoms with Crippen molar-refractivity contribution in [1.29, 1.82) is 0 Å². The summed E-state index contributed by atoms with van der Waals surface area (Å²) in [4.78, 5) is 39.4. The Bertz CT molecular complexity index is 664. The zero-order valence-corrected chi connectivity index (χ0v) is 15.6. The van der Waals surface area contributed by atoms with Crippen LogP contribution in [0.1, 0.15) is 24.8 Å². The molecule has 0 radical (unpaired) electrons. The van der Waals surface area contributed by atoms with Gasteiger partial charge in [0.2, 0.25) is 11.8 Å². The lowest BCUT2D eigenvalue weighted by Gasteiger charge is -2.32. The number of rotatable bonds is 8. The van der Waals surface area contributed by atoms with Gasteiger partial charge in [-0.2, -0.15) is 0 Å². The number of ether oxygens (including phenoxy) is 1. The maximum absolute atomic E-state index is 12.4. The van der Waals surface area contributed by atoms with Gasteiger partial charge in [0, 0.05) is 32.6 Å². The summed E-state index contributed by atoms with van der Waals surface area (Å²) in [6.07, 6.45) is 2.50. The molecule has 0 unspecified atom stereocenters. The molecule has 7 heteroatoms. The first kappa shape index (κ1) is 19.2. The van der Waals surface area contributed by atoms with Crippen LogP contribution >= 0.6 is 0 Å². The SMILES string of the molecule is O=C(NCCN1CCOC1=O)[C@@H]1CCC(=O)N(CCCc2ccccc2)C1. The molecule has 2 aliphatic rings. The fraction of sp³-hybridized carbons (Fsp3) is 0.550. The van der Waals surface area contributed by atoms with Crippen LogP contribution in [0.25, 0.3) is 0 Å². The maximum atomic E-state index is 12.4. The van der Waals surface area contributed by atoms with Crippen molar-refractivity contribution < 1.29 is 19.1 Å². The highest BCUT2D eigenvalue weighted by Crippen LogP contribution is 2.18. The predicted molar refractivity (Wildman–Crippen MR) is 100.0 cm³/mol. The number of hydrogen-bond donors (Lipinski definition) is 1. The van der Waals surface area contributed by atoms with Gasteiger partial charge in [-0.05, 0) is 24.8 Å². The van der Waals surface area contributed by atoms with E-state index in [0.717, 1.165) is 12.8 Å². The Balaban J connectivity index is 1.39. The molecule has 1 atom stereocenters. The number of likely N-dealkylation sites (tertiary alicyclic amines) is 1. The van der Waals surface area contributed by atoms with E-state index in [4.69, 9.17) is 4.74 Å². The largest absolute Gasteiger partial charge is 0.448 e. The van der Waals surface area contributed by atoms with Crippen LogP contribution in [-0.4, -0.2) is 67.0 Å². The second kappa shape index (κ2) is 9.39. The van der Waals surface area contributed by atoms with E-state index in [9.17, 15) is 14.4 Å². The van der Waals surface area contributed by atoms with Crippen molar-refractivity contribution in [2.24, 2.45) is 5.92 Å². The molecule has 0 saturated carbocycles. The summed E-state index contributed by atoms with van der Waals surface area (Å²) in [7, 11) is 0. The Morgan fingerprint density at radius 1 is 1.15 bits per heavy atom. The van der Waals surface area contributed by atoms with Crippen LogP contribution < -0.4 is 5.32 Å². The van der Waals surface area contributed by atoms with Crippen LogP contribution in [-0.2, 0) is 20.7 Å². The van der Waals surface area contributed by atoms with Crippen molar-refractivity contribution in [2.45, 2.75) is 25.7 Å². The van der Waals surface area contributed by atoms with Crippen molar-refractivity contribution in [1.82, 2.24) is 15.1 Å². The molecule has 0 spiro atoms. The van der Waals surface area contributed by atoms with Crippen molar-refractivity contribution in [3.05, 3.63) is 35.9 Å². The van der Waals surface area contributed by atoms with Gasteiger partial charge in [0.05, 0.1) is 12.5 Å². The second-order valence-corrected chi connectivity index (χ2v) is 7.06. The zero-order valence-electron chi connectivity index (χ0n) is 15.6. The fourth-order valence-corrected chi connectivity index (χ4v) is 3.55. The average molecular weight is 373 g/mol. The smallest absolute Gasteiger partial charge is 0.409 e. The summed E-state index contributed by atoms with van der Waals surface area (Å²) in [6.45, 7) is 3.00. The highest BCUT2D eigenvalue weighted by molar-refractivity contribution is 5.83. The Hall–Kier alpha value is -2.57. The van der Waals surface area contributed by atoms with Gasteiger partial charge >= 0.3 is 6.09 Å². The number of cyclic esters (lactones) is 1.